The van der Waals surface area contributed by atoms with Gasteiger partial charge in [0.2, 0.25) is 5.91 Å². The first-order chi connectivity index (χ1) is 14.0. The number of hydrogen-bond donors (Lipinski definition) is 2. The molecule has 2 rings (SSSR count). The number of carbonyl (C=O) groups excluding carboxylic acids is 2. The van der Waals surface area contributed by atoms with Crippen LogP contribution in [-0.2, 0) is 16.1 Å². The van der Waals surface area contributed by atoms with Crippen LogP contribution in [0.25, 0.3) is 0 Å². The normalized spacial score (nSPS) is 12.4. The third-order valence-electron chi connectivity index (χ3n) is 4.65. The van der Waals surface area contributed by atoms with E-state index in [1.807, 2.05) is 44.2 Å². The van der Waals surface area contributed by atoms with E-state index < -0.39 is 12.1 Å². The van der Waals surface area contributed by atoms with Gasteiger partial charge >= 0.3 is 6.09 Å². The summed E-state index contributed by atoms with van der Waals surface area (Å²) >= 11 is 0. The van der Waals surface area contributed by atoms with Crippen LogP contribution in [-0.4, -0.2) is 32.3 Å². The van der Waals surface area contributed by atoms with Crippen molar-refractivity contribution in [3.8, 4) is 11.5 Å². The monoisotopic (exact) mass is 400 g/mol. The molecule has 0 aliphatic heterocycles. The molecule has 0 heterocycles. The predicted molar refractivity (Wildman–Crippen MR) is 111 cm³/mol. The Morgan fingerprint density at radius 2 is 1.76 bits per heavy atom. The minimum atomic E-state index is -0.765. The second-order valence-corrected chi connectivity index (χ2v) is 6.62. The van der Waals surface area contributed by atoms with Crippen molar-refractivity contribution in [3.63, 3.8) is 0 Å². The van der Waals surface area contributed by atoms with Gasteiger partial charge in [-0.25, -0.2) is 4.79 Å². The molecule has 0 saturated heterocycles. The first-order valence-electron chi connectivity index (χ1n) is 9.48. The zero-order valence-electron chi connectivity index (χ0n) is 17.2. The van der Waals surface area contributed by atoms with Crippen molar-refractivity contribution >= 4 is 17.7 Å². The SMILES string of the molecule is CC[C@H](C)[C@@H](NC(=O)OCc1ccccc1)C(=O)Nc1cc(OC)ccc1OC. The third-order valence-corrected chi connectivity index (χ3v) is 4.65. The molecule has 2 amide bonds. The van der Waals surface area contributed by atoms with Gasteiger partial charge in [0.05, 0.1) is 19.9 Å². The average Bonchev–Trinajstić information content (AvgIpc) is 2.76. The Morgan fingerprint density at radius 1 is 1.03 bits per heavy atom. The highest BCUT2D eigenvalue weighted by molar-refractivity contribution is 5.98. The summed E-state index contributed by atoms with van der Waals surface area (Å²) in [6.45, 7) is 3.98. The number of hydrogen-bond acceptors (Lipinski definition) is 5. The van der Waals surface area contributed by atoms with Crippen LogP contribution in [0.4, 0.5) is 10.5 Å². The van der Waals surface area contributed by atoms with Gasteiger partial charge in [-0.2, -0.15) is 0 Å². The van der Waals surface area contributed by atoms with Gasteiger partial charge in [-0.3, -0.25) is 4.79 Å². The first-order valence-corrected chi connectivity index (χ1v) is 9.48. The smallest absolute Gasteiger partial charge is 0.408 e. The lowest BCUT2D eigenvalue weighted by molar-refractivity contribution is -0.119. The molecular formula is C22H28N2O5. The predicted octanol–water partition coefficient (Wildman–Crippen LogP) is 3.98. The Hall–Kier alpha value is -3.22. The molecule has 0 spiro atoms. The number of methoxy groups -OCH3 is 2. The van der Waals surface area contributed by atoms with E-state index in [0.717, 1.165) is 5.56 Å². The largest absolute Gasteiger partial charge is 0.497 e. The second-order valence-electron chi connectivity index (χ2n) is 6.62. The lowest BCUT2D eigenvalue weighted by atomic mass is 9.98. The van der Waals surface area contributed by atoms with Crippen LogP contribution in [0.2, 0.25) is 0 Å². The lowest BCUT2D eigenvalue weighted by Crippen LogP contribution is -2.47. The van der Waals surface area contributed by atoms with Crippen molar-refractivity contribution in [2.45, 2.75) is 32.9 Å². The molecule has 2 aromatic rings. The summed E-state index contributed by atoms with van der Waals surface area (Å²) in [5, 5.41) is 5.50. The van der Waals surface area contributed by atoms with Gasteiger partial charge in [-0.15, -0.1) is 0 Å². The van der Waals surface area contributed by atoms with Gasteiger partial charge in [-0.1, -0.05) is 50.6 Å². The van der Waals surface area contributed by atoms with E-state index in [-0.39, 0.29) is 18.4 Å². The van der Waals surface area contributed by atoms with E-state index in [2.05, 4.69) is 10.6 Å². The molecule has 2 N–H and O–H groups in total. The van der Waals surface area contributed by atoms with E-state index in [9.17, 15) is 9.59 Å². The Morgan fingerprint density at radius 3 is 2.38 bits per heavy atom. The Balaban J connectivity index is 2.07. The van der Waals surface area contributed by atoms with Gasteiger partial charge < -0.3 is 24.8 Å². The fourth-order valence-corrected chi connectivity index (χ4v) is 2.72. The molecule has 0 aromatic heterocycles. The van der Waals surface area contributed by atoms with E-state index >= 15 is 0 Å². The van der Waals surface area contributed by atoms with Gasteiger partial charge in [0.25, 0.3) is 0 Å². The number of carbonyl (C=O) groups is 2. The van der Waals surface area contributed by atoms with Gasteiger partial charge in [0.15, 0.2) is 0 Å². The zero-order chi connectivity index (χ0) is 21.2. The van der Waals surface area contributed by atoms with E-state index in [1.165, 1.54) is 7.11 Å². The molecule has 0 aliphatic carbocycles. The van der Waals surface area contributed by atoms with Gasteiger partial charge in [0.1, 0.15) is 24.1 Å². The van der Waals surface area contributed by atoms with E-state index in [0.29, 0.717) is 23.6 Å². The third kappa shape index (κ3) is 6.41. The standard InChI is InChI=1S/C22H28N2O5/c1-5-15(2)20(24-22(26)29-14-16-9-7-6-8-10-16)21(25)23-18-13-17(27-3)11-12-19(18)28-4/h6-13,15,20H,5,14H2,1-4H3,(H,23,25)(H,24,26)/t15-,20+/m0/s1. The quantitative estimate of drug-likeness (QED) is 0.665. The fraction of sp³-hybridized carbons (Fsp3) is 0.364. The van der Waals surface area contributed by atoms with Crippen LogP contribution in [0.15, 0.2) is 48.5 Å². The summed E-state index contributed by atoms with van der Waals surface area (Å²) in [5.74, 6) is 0.614. The van der Waals surface area contributed by atoms with Crippen LogP contribution < -0.4 is 20.1 Å². The van der Waals surface area contributed by atoms with Crippen LogP contribution >= 0.6 is 0 Å². The Labute approximate surface area is 171 Å². The minimum Gasteiger partial charge on any atom is -0.497 e. The number of nitrogens with one attached hydrogen (secondary N) is 2. The summed E-state index contributed by atoms with van der Waals surface area (Å²) < 4.78 is 15.8. The molecule has 0 saturated carbocycles. The maximum absolute atomic E-state index is 12.9. The zero-order valence-corrected chi connectivity index (χ0v) is 17.2. The molecule has 0 fully saturated rings. The van der Waals surface area contributed by atoms with Crippen molar-refractivity contribution in [1.29, 1.82) is 0 Å². The molecule has 0 bridgehead atoms. The highest BCUT2D eigenvalue weighted by Crippen LogP contribution is 2.29. The highest BCUT2D eigenvalue weighted by atomic mass is 16.5. The maximum atomic E-state index is 12.9. The highest BCUT2D eigenvalue weighted by Gasteiger charge is 2.27. The number of anilines is 1. The topological polar surface area (TPSA) is 85.9 Å². The van der Waals surface area contributed by atoms with Crippen molar-refractivity contribution in [3.05, 3.63) is 54.1 Å². The van der Waals surface area contributed by atoms with E-state index in [1.54, 1.807) is 25.3 Å². The average molecular weight is 400 g/mol. The maximum Gasteiger partial charge on any atom is 0.408 e. The molecule has 156 valence electrons. The first kappa shape index (κ1) is 22.1. The van der Waals surface area contributed by atoms with Crippen molar-refractivity contribution in [2.24, 2.45) is 5.92 Å². The Bertz CT molecular complexity index is 810. The molecule has 7 heteroatoms. The van der Waals surface area contributed by atoms with Crippen LogP contribution in [0.3, 0.4) is 0 Å². The Kier molecular flexibility index (Phi) is 8.33. The summed E-state index contributed by atoms with van der Waals surface area (Å²) in [5.41, 5.74) is 1.33. The molecule has 0 aliphatic rings. The molecular weight excluding hydrogens is 372 g/mol. The number of benzene rings is 2. The molecule has 0 radical (unpaired) electrons. The number of amides is 2. The van der Waals surface area contributed by atoms with Crippen molar-refractivity contribution in [1.82, 2.24) is 5.32 Å². The van der Waals surface area contributed by atoms with Crippen molar-refractivity contribution in [2.75, 3.05) is 19.5 Å². The number of rotatable bonds is 9. The number of ether oxygens (including phenoxy) is 3. The minimum absolute atomic E-state index is 0.101. The van der Waals surface area contributed by atoms with Crippen molar-refractivity contribution < 1.29 is 23.8 Å². The second kappa shape index (κ2) is 10.9. The molecule has 29 heavy (non-hydrogen) atoms. The summed E-state index contributed by atoms with van der Waals surface area (Å²) in [7, 11) is 3.06. The molecule has 0 unspecified atom stereocenters. The summed E-state index contributed by atoms with van der Waals surface area (Å²) in [4.78, 5) is 25.2. The van der Waals surface area contributed by atoms with Crippen LogP contribution in [0.5, 0.6) is 11.5 Å². The summed E-state index contributed by atoms with van der Waals surface area (Å²) in [6.07, 6.45) is 0.0543. The van der Waals surface area contributed by atoms with E-state index in [4.69, 9.17) is 14.2 Å². The number of alkyl carbamates (subject to hydrolysis) is 1. The summed E-state index contributed by atoms with van der Waals surface area (Å²) in [6, 6.07) is 13.7. The molecule has 2 atom stereocenters. The van der Waals surface area contributed by atoms with Crippen LogP contribution in [0.1, 0.15) is 25.8 Å². The van der Waals surface area contributed by atoms with Crippen LogP contribution in [0, 0.1) is 5.92 Å². The molecule has 2 aromatic carbocycles. The fourth-order valence-electron chi connectivity index (χ4n) is 2.72. The van der Waals surface area contributed by atoms with Gasteiger partial charge in [0, 0.05) is 6.07 Å². The molecule has 7 nitrogen and oxygen atoms in total. The lowest BCUT2D eigenvalue weighted by Gasteiger charge is -2.24. The van der Waals surface area contributed by atoms with Gasteiger partial charge in [-0.05, 0) is 23.6 Å².